The second-order valence-corrected chi connectivity index (χ2v) is 6.77. The molecule has 0 saturated heterocycles. The zero-order chi connectivity index (χ0) is 15.2. The highest BCUT2D eigenvalue weighted by molar-refractivity contribution is 5.29. The fraction of sp³-hybridized carbons (Fsp3) is 0.684. The molecule has 0 spiro atoms. The topological polar surface area (TPSA) is 21.3 Å². The molecule has 1 aliphatic carbocycles. The lowest BCUT2D eigenvalue weighted by atomic mass is 9.79. The summed E-state index contributed by atoms with van der Waals surface area (Å²) < 4.78 is 5.25. The molecule has 1 aliphatic rings. The quantitative estimate of drug-likeness (QED) is 0.800. The van der Waals surface area contributed by atoms with Gasteiger partial charge < -0.3 is 10.1 Å². The van der Waals surface area contributed by atoms with Crippen molar-refractivity contribution in [3.63, 3.8) is 0 Å². The Bertz CT molecular complexity index is 412. The molecule has 1 aromatic rings. The summed E-state index contributed by atoms with van der Waals surface area (Å²) in [7, 11) is 1.72. The summed E-state index contributed by atoms with van der Waals surface area (Å²) in [5.74, 6) is 2.64. The number of hydrogen-bond acceptors (Lipinski definition) is 2. The lowest BCUT2D eigenvalue weighted by Crippen LogP contribution is -2.37. The molecule has 0 heterocycles. The van der Waals surface area contributed by atoms with Crippen molar-refractivity contribution in [3.05, 3.63) is 29.8 Å². The van der Waals surface area contributed by atoms with Gasteiger partial charge in [-0.15, -0.1) is 0 Å². The van der Waals surface area contributed by atoms with Crippen LogP contribution in [0, 0.1) is 11.8 Å². The van der Waals surface area contributed by atoms with Gasteiger partial charge in [-0.1, -0.05) is 45.7 Å². The van der Waals surface area contributed by atoms with E-state index < -0.39 is 0 Å². The summed E-state index contributed by atoms with van der Waals surface area (Å²) >= 11 is 0. The Kier molecular flexibility index (Phi) is 6.10. The van der Waals surface area contributed by atoms with Crippen molar-refractivity contribution < 1.29 is 4.74 Å². The molecule has 0 aromatic heterocycles. The van der Waals surface area contributed by atoms with Crippen LogP contribution in [-0.2, 0) is 0 Å². The number of benzene rings is 1. The molecule has 2 heteroatoms. The van der Waals surface area contributed by atoms with E-state index in [9.17, 15) is 0 Å². The van der Waals surface area contributed by atoms with Crippen molar-refractivity contribution >= 4 is 0 Å². The molecular formula is C19H31NO. The van der Waals surface area contributed by atoms with Gasteiger partial charge in [-0.05, 0) is 48.8 Å². The Hall–Kier alpha value is -1.02. The van der Waals surface area contributed by atoms with Gasteiger partial charge >= 0.3 is 0 Å². The fourth-order valence-corrected chi connectivity index (χ4v) is 3.55. The van der Waals surface area contributed by atoms with E-state index >= 15 is 0 Å². The second kappa shape index (κ2) is 7.84. The van der Waals surface area contributed by atoms with Crippen molar-refractivity contribution in [2.24, 2.45) is 11.8 Å². The van der Waals surface area contributed by atoms with Gasteiger partial charge in [0.05, 0.1) is 7.11 Å². The molecule has 0 amide bonds. The van der Waals surface area contributed by atoms with Crippen LogP contribution in [0.3, 0.4) is 0 Å². The number of ether oxygens (including phenoxy) is 1. The molecule has 3 unspecified atom stereocenters. The van der Waals surface area contributed by atoms with Crippen LogP contribution in [-0.4, -0.2) is 13.2 Å². The van der Waals surface area contributed by atoms with Crippen LogP contribution < -0.4 is 10.1 Å². The first-order chi connectivity index (χ1) is 10.1. The van der Waals surface area contributed by atoms with Crippen molar-refractivity contribution in [1.29, 1.82) is 0 Å². The number of rotatable bonds is 6. The van der Waals surface area contributed by atoms with Gasteiger partial charge in [-0.2, -0.15) is 0 Å². The SMILES string of the molecule is CCC(NC1CCCC(C(C)C)C1)c1ccc(OC)cc1. The molecule has 2 nitrogen and oxygen atoms in total. The van der Waals surface area contributed by atoms with Crippen LogP contribution in [0.15, 0.2) is 24.3 Å². The molecule has 0 radical (unpaired) electrons. The molecule has 1 saturated carbocycles. The molecule has 0 aliphatic heterocycles. The zero-order valence-electron chi connectivity index (χ0n) is 14.1. The van der Waals surface area contributed by atoms with Crippen LogP contribution >= 0.6 is 0 Å². The van der Waals surface area contributed by atoms with Crippen LogP contribution in [0.2, 0.25) is 0 Å². The van der Waals surface area contributed by atoms with Crippen molar-refractivity contribution in [2.75, 3.05) is 7.11 Å². The van der Waals surface area contributed by atoms with Gasteiger partial charge in [-0.25, -0.2) is 0 Å². The van der Waals surface area contributed by atoms with E-state index in [0.717, 1.165) is 24.0 Å². The molecule has 1 fully saturated rings. The van der Waals surface area contributed by atoms with Crippen LogP contribution in [0.25, 0.3) is 0 Å². The van der Waals surface area contributed by atoms with Gasteiger partial charge in [0.2, 0.25) is 0 Å². The van der Waals surface area contributed by atoms with Gasteiger partial charge in [-0.3, -0.25) is 0 Å². The Balaban J connectivity index is 1.97. The molecule has 118 valence electrons. The third-order valence-corrected chi connectivity index (χ3v) is 5.02. The monoisotopic (exact) mass is 289 g/mol. The van der Waals surface area contributed by atoms with E-state index in [4.69, 9.17) is 4.74 Å². The first-order valence-corrected chi connectivity index (χ1v) is 8.54. The maximum absolute atomic E-state index is 5.25. The minimum absolute atomic E-state index is 0.465. The van der Waals surface area contributed by atoms with Crippen molar-refractivity contribution in [2.45, 2.75) is 65.0 Å². The number of nitrogens with one attached hydrogen (secondary N) is 1. The van der Waals surface area contributed by atoms with Gasteiger partial charge in [0.1, 0.15) is 5.75 Å². The van der Waals surface area contributed by atoms with Crippen molar-refractivity contribution in [3.8, 4) is 5.75 Å². The second-order valence-electron chi connectivity index (χ2n) is 6.77. The fourth-order valence-electron chi connectivity index (χ4n) is 3.55. The van der Waals surface area contributed by atoms with Crippen molar-refractivity contribution in [1.82, 2.24) is 5.32 Å². The largest absolute Gasteiger partial charge is 0.497 e. The number of hydrogen-bond donors (Lipinski definition) is 1. The van der Waals surface area contributed by atoms with Crippen LogP contribution in [0.5, 0.6) is 5.75 Å². The van der Waals surface area contributed by atoms with Gasteiger partial charge in [0, 0.05) is 12.1 Å². The van der Waals surface area contributed by atoms with E-state index in [1.165, 1.54) is 31.2 Å². The van der Waals surface area contributed by atoms with E-state index in [1.807, 2.05) is 0 Å². The molecule has 3 atom stereocenters. The standard InChI is InChI=1S/C19H31NO/c1-5-19(15-9-11-18(21-4)12-10-15)20-17-8-6-7-16(13-17)14(2)3/h9-12,14,16-17,19-20H,5-8,13H2,1-4H3. The van der Waals surface area contributed by atoms with Crippen LogP contribution in [0.1, 0.15) is 64.5 Å². The van der Waals surface area contributed by atoms with E-state index in [0.29, 0.717) is 12.1 Å². The lowest BCUT2D eigenvalue weighted by Gasteiger charge is -2.34. The lowest BCUT2D eigenvalue weighted by molar-refractivity contribution is 0.219. The third-order valence-electron chi connectivity index (χ3n) is 5.02. The summed E-state index contributed by atoms with van der Waals surface area (Å²) in [5.41, 5.74) is 1.38. The first kappa shape index (κ1) is 16.4. The predicted molar refractivity (Wildman–Crippen MR) is 89.7 cm³/mol. The summed E-state index contributed by atoms with van der Waals surface area (Å²) in [4.78, 5) is 0. The Morgan fingerprint density at radius 1 is 1.19 bits per heavy atom. The predicted octanol–water partition coefficient (Wildman–Crippen LogP) is 4.95. The first-order valence-electron chi connectivity index (χ1n) is 8.54. The van der Waals surface area contributed by atoms with E-state index in [-0.39, 0.29) is 0 Å². The maximum Gasteiger partial charge on any atom is 0.118 e. The molecule has 0 bridgehead atoms. The molecule has 1 aromatic carbocycles. The Labute approximate surface area is 130 Å². The highest BCUT2D eigenvalue weighted by Gasteiger charge is 2.25. The van der Waals surface area contributed by atoms with Crippen LogP contribution in [0.4, 0.5) is 0 Å². The summed E-state index contributed by atoms with van der Waals surface area (Å²) in [6, 6.07) is 9.67. The molecule has 21 heavy (non-hydrogen) atoms. The molecule has 2 rings (SSSR count). The average molecular weight is 289 g/mol. The normalized spacial score (nSPS) is 24.0. The smallest absolute Gasteiger partial charge is 0.118 e. The Morgan fingerprint density at radius 2 is 1.90 bits per heavy atom. The zero-order valence-corrected chi connectivity index (χ0v) is 14.1. The number of methoxy groups -OCH3 is 1. The molecule has 1 N–H and O–H groups in total. The summed E-state index contributed by atoms with van der Waals surface area (Å²) in [6.45, 7) is 7.01. The minimum atomic E-state index is 0.465. The van der Waals surface area contributed by atoms with Gasteiger partial charge in [0.15, 0.2) is 0 Å². The Morgan fingerprint density at radius 3 is 2.48 bits per heavy atom. The summed E-state index contributed by atoms with van der Waals surface area (Å²) in [6.07, 6.45) is 6.59. The third kappa shape index (κ3) is 4.47. The maximum atomic E-state index is 5.25. The molecular weight excluding hydrogens is 258 g/mol. The highest BCUT2D eigenvalue weighted by Crippen LogP contribution is 2.31. The highest BCUT2D eigenvalue weighted by atomic mass is 16.5. The summed E-state index contributed by atoms with van der Waals surface area (Å²) in [5, 5.41) is 3.90. The van der Waals surface area contributed by atoms with E-state index in [1.54, 1.807) is 7.11 Å². The minimum Gasteiger partial charge on any atom is -0.497 e. The van der Waals surface area contributed by atoms with Gasteiger partial charge in [0.25, 0.3) is 0 Å². The average Bonchev–Trinajstić information content (AvgIpc) is 2.53. The van der Waals surface area contributed by atoms with E-state index in [2.05, 4.69) is 50.4 Å².